The zero-order valence-electron chi connectivity index (χ0n) is 14.9. The van der Waals surface area contributed by atoms with Gasteiger partial charge in [0.1, 0.15) is 5.01 Å². The molecular weight excluding hydrogens is 360 g/mol. The minimum atomic E-state index is -0.805. The highest BCUT2D eigenvalue weighted by Crippen LogP contribution is 2.33. The van der Waals surface area contributed by atoms with Gasteiger partial charge in [-0.15, -0.1) is 11.3 Å². The summed E-state index contributed by atoms with van der Waals surface area (Å²) in [6.45, 7) is 2.07. The van der Waals surface area contributed by atoms with E-state index in [2.05, 4.69) is 29.4 Å². The van der Waals surface area contributed by atoms with Crippen LogP contribution in [0, 0.1) is 18.8 Å². The first-order valence-electron chi connectivity index (χ1n) is 9.01. The number of aryl methyl sites for hydroxylation is 1. The number of aliphatic carboxylic acids is 1. The third-order valence-electron chi connectivity index (χ3n) is 5.10. The molecule has 1 heterocycles. The molecule has 1 fully saturated rings. The van der Waals surface area contributed by atoms with Crippen molar-refractivity contribution in [3.05, 3.63) is 48.0 Å². The lowest BCUT2D eigenvalue weighted by molar-refractivity contribution is -0.141. The molecule has 2 N–H and O–H groups in total. The van der Waals surface area contributed by atoms with Gasteiger partial charge in [-0.25, -0.2) is 4.98 Å². The first-order chi connectivity index (χ1) is 13.0. The summed E-state index contributed by atoms with van der Waals surface area (Å²) in [7, 11) is 0. The highest BCUT2D eigenvalue weighted by atomic mass is 32.1. The van der Waals surface area contributed by atoms with Crippen molar-refractivity contribution in [1.82, 2.24) is 4.98 Å². The number of carboxylic acid groups (broad SMARTS) is 1. The van der Waals surface area contributed by atoms with E-state index in [4.69, 9.17) is 5.11 Å². The van der Waals surface area contributed by atoms with Crippen LogP contribution in [0.15, 0.2) is 42.5 Å². The predicted octanol–water partition coefficient (Wildman–Crippen LogP) is 4.71. The molecule has 6 heteroatoms. The Hall–Kier alpha value is -2.73. The highest BCUT2D eigenvalue weighted by Gasteiger charge is 2.33. The van der Waals surface area contributed by atoms with E-state index in [-0.39, 0.29) is 11.8 Å². The van der Waals surface area contributed by atoms with Crippen LogP contribution in [0.4, 0.5) is 5.69 Å². The number of nitrogens with zero attached hydrogens (tertiary/aromatic N) is 1. The molecule has 2 unspecified atom stereocenters. The molecule has 3 aromatic rings. The van der Waals surface area contributed by atoms with E-state index in [1.165, 1.54) is 5.56 Å². The number of carbonyl (C=O) groups is 2. The van der Waals surface area contributed by atoms with Gasteiger partial charge in [-0.1, -0.05) is 6.07 Å². The summed E-state index contributed by atoms with van der Waals surface area (Å²) in [5, 5.41) is 12.9. The van der Waals surface area contributed by atoms with E-state index >= 15 is 0 Å². The third-order valence-corrected chi connectivity index (χ3v) is 6.16. The maximum Gasteiger partial charge on any atom is 0.306 e. The molecule has 2 atom stereocenters. The van der Waals surface area contributed by atoms with Gasteiger partial charge in [0, 0.05) is 17.2 Å². The number of thiazole rings is 1. The van der Waals surface area contributed by atoms with Gasteiger partial charge in [0.2, 0.25) is 5.91 Å². The molecule has 0 spiro atoms. The summed E-state index contributed by atoms with van der Waals surface area (Å²) >= 11 is 1.65. The average Bonchev–Trinajstić information content (AvgIpc) is 3.29. The van der Waals surface area contributed by atoms with Crippen molar-refractivity contribution in [1.29, 1.82) is 0 Å². The van der Waals surface area contributed by atoms with Crippen molar-refractivity contribution < 1.29 is 14.7 Å². The van der Waals surface area contributed by atoms with Crippen molar-refractivity contribution in [3.63, 3.8) is 0 Å². The number of benzene rings is 2. The molecule has 27 heavy (non-hydrogen) atoms. The van der Waals surface area contributed by atoms with Crippen LogP contribution in [0.1, 0.15) is 24.8 Å². The number of nitrogens with one attached hydrogen (secondary N) is 1. The maximum atomic E-state index is 12.4. The van der Waals surface area contributed by atoms with Crippen LogP contribution in [0.3, 0.4) is 0 Å². The molecule has 138 valence electrons. The predicted molar refractivity (Wildman–Crippen MR) is 107 cm³/mol. The Labute approximate surface area is 161 Å². The van der Waals surface area contributed by atoms with Crippen LogP contribution in [0.2, 0.25) is 0 Å². The minimum Gasteiger partial charge on any atom is -0.481 e. The summed E-state index contributed by atoms with van der Waals surface area (Å²) in [6.07, 6.45) is 1.62. The fourth-order valence-corrected chi connectivity index (χ4v) is 4.61. The minimum absolute atomic E-state index is 0.0954. The Balaban J connectivity index is 1.45. The second-order valence-electron chi connectivity index (χ2n) is 7.10. The van der Waals surface area contributed by atoms with E-state index in [1.807, 2.05) is 30.3 Å². The number of anilines is 1. The molecule has 0 radical (unpaired) electrons. The van der Waals surface area contributed by atoms with Gasteiger partial charge in [0.25, 0.3) is 0 Å². The van der Waals surface area contributed by atoms with Crippen LogP contribution >= 0.6 is 11.3 Å². The van der Waals surface area contributed by atoms with Gasteiger partial charge in [-0.05, 0) is 68.1 Å². The average molecular weight is 380 g/mol. The van der Waals surface area contributed by atoms with E-state index < -0.39 is 11.9 Å². The van der Waals surface area contributed by atoms with Gasteiger partial charge in [0.05, 0.1) is 16.1 Å². The second-order valence-corrected chi connectivity index (χ2v) is 8.13. The largest absolute Gasteiger partial charge is 0.481 e. The lowest BCUT2D eigenvalue weighted by Gasteiger charge is -2.11. The first-order valence-corrected chi connectivity index (χ1v) is 9.82. The van der Waals surface area contributed by atoms with E-state index in [9.17, 15) is 9.59 Å². The zero-order valence-corrected chi connectivity index (χ0v) is 15.8. The van der Waals surface area contributed by atoms with E-state index in [1.54, 1.807) is 11.3 Å². The number of amides is 1. The quantitative estimate of drug-likeness (QED) is 0.687. The topological polar surface area (TPSA) is 79.3 Å². The molecule has 0 aliphatic heterocycles. The van der Waals surface area contributed by atoms with Gasteiger partial charge >= 0.3 is 5.97 Å². The summed E-state index contributed by atoms with van der Waals surface area (Å²) < 4.78 is 1.16. The third kappa shape index (κ3) is 3.71. The molecule has 2 aromatic carbocycles. The molecular formula is C21H20N2O3S. The molecule has 1 amide bonds. The van der Waals surface area contributed by atoms with Gasteiger partial charge in [0.15, 0.2) is 0 Å². The molecule has 4 rings (SSSR count). The van der Waals surface area contributed by atoms with Crippen LogP contribution in [-0.2, 0) is 9.59 Å². The standard InChI is InChI=1S/C21H20N2O3S/c1-12-2-9-17-18(10-12)27-20(23-17)13-5-7-16(8-6-13)22-19(24)14-3-4-15(11-14)21(25)26/h2,5-10,14-15H,3-4,11H2,1H3,(H,22,24)(H,25,26). The lowest BCUT2D eigenvalue weighted by Crippen LogP contribution is -2.21. The Kier molecular flexibility index (Phi) is 4.66. The first kappa shape index (κ1) is 17.7. The Morgan fingerprint density at radius 3 is 2.56 bits per heavy atom. The molecule has 1 saturated carbocycles. The van der Waals surface area contributed by atoms with Gasteiger partial charge < -0.3 is 10.4 Å². The van der Waals surface area contributed by atoms with E-state index in [0.29, 0.717) is 19.3 Å². The molecule has 0 saturated heterocycles. The summed E-state index contributed by atoms with van der Waals surface area (Å²) in [4.78, 5) is 28.1. The molecule has 5 nitrogen and oxygen atoms in total. The van der Waals surface area contributed by atoms with Crippen LogP contribution in [0.25, 0.3) is 20.8 Å². The normalized spacial score (nSPS) is 19.3. The fourth-order valence-electron chi connectivity index (χ4n) is 3.54. The Morgan fingerprint density at radius 2 is 1.85 bits per heavy atom. The summed E-state index contributed by atoms with van der Waals surface area (Å²) in [5.41, 5.74) is 3.94. The summed E-state index contributed by atoms with van der Waals surface area (Å²) in [5.74, 6) is -1.52. The highest BCUT2D eigenvalue weighted by molar-refractivity contribution is 7.21. The van der Waals surface area contributed by atoms with Crippen molar-refractivity contribution >= 4 is 39.1 Å². The maximum absolute atomic E-state index is 12.4. The van der Waals surface area contributed by atoms with Crippen LogP contribution < -0.4 is 5.32 Å². The molecule has 1 aliphatic carbocycles. The molecule has 1 aliphatic rings. The number of carboxylic acids is 1. The number of hydrogen-bond donors (Lipinski definition) is 2. The fraction of sp³-hybridized carbons (Fsp3) is 0.286. The number of carbonyl (C=O) groups excluding carboxylic acids is 1. The SMILES string of the molecule is Cc1ccc2nc(-c3ccc(NC(=O)C4CCC(C(=O)O)C4)cc3)sc2c1. The Morgan fingerprint density at radius 1 is 1.11 bits per heavy atom. The van der Waals surface area contributed by atoms with Gasteiger partial charge in [-0.2, -0.15) is 0 Å². The smallest absolute Gasteiger partial charge is 0.306 e. The van der Waals surface area contributed by atoms with E-state index in [0.717, 1.165) is 26.5 Å². The van der Waals surface area contributed by atoms with Crippen LogP contribution in [0.5, 0.6) is 0 Å². The number of aromatic nitrogens is 1. The van der Waals surface area contributed by atoms with Crippen molar-refractivity contribution in [3.8, 4) is 10.6 Å². The van der Waals surface area contributed by atoms with Crippen molar-refractivity contribution in [2.45, 2.75) is 26.2 Å². The zero-order chi connectivity index (χ0) is 19.0. The molecule has 0 bridgehead atoms. The van der Waals surface area contributed by atoms with Crippen LogP contribution in [-0.4, -0.2) is 22.0 Å². The van der Waals surface area contributed by atoms with Gasteiger partial charge in [-0.3, -0.25) is 9.59 Å². The summed E-state index contributed by atoms with van der Waals surface area (Å²) in [6, 6.07) is 13.9. The number of rotatable bonds is 4. The monoisotopic (exact) mass is 380 g/mol. The number of hydrogen-bond acceptors (Lipinski definition) is 4. The lowest BCUT2D eigenvalue weighted by atomic mass is 10.0. The number of fused-ring (bicyclic) bond motifs is 1. The van der Waals surface area contributed by atoms with Crippen molar-refractivity contribution in [2.75, 3.05) is 5.32 Å². The molecule has 1 aromatic heterocycles. The van der Waals surface area contributed by atoms with Crippen molar-refractivity contribution in [2.24, 2.45) is 11.8 Å². The Bertz CT molecular complexity index is 1010. The second kappa shape index (κ2) is 7.12.